The quantitative estimate of drug-likeness (QED) is 0.876. The normalized spacial score (nSPS) is 18.9. The van der Waals surface area contributed by atoms with E-state index in [2.05, 4.69) is 40.5 Å². The Morgan fingerprint density at radius 2 is 1.83 bits per heavy atom. The maximum absolute atomic E-state index is 13.8. The highest BCUT2D eigenvalue weighted by Crippen LogP contribution is 2.15. The summed E-state index contributed by atoms with van der Waals surface area (Å²) in [4.78, 5) is 2.36. The number of benzene rings is 2. The number of nitrogens with zero attached hydrogens (tertiary/aromatic N) is 1. The Hall–Kier alpha value is -1.71. The molecule has 23 heavy (non-hydrogen) atoms. The van der Waals surface area contributed by atoms with E-state index in [0.717, 1.165) is 31.6 Å². The van der Waals surface area contributed by atoms with Crippen LogP contribution in [0.4, 0.5) is 4.39 Å². The van der Waals surface area contributed by atoms with Crippen LogP contribution in [-0.2, 0) is 13.0 Å². The molecule has 1 aliphatic rings. The van der Waals surface area contributed by atoms with Gasteiger partial charge in [0.15, 0.2) is 0 Å². The molecule has 3 rings (SSSR count). The molecule has 0 aliphatic carbocycles. The fourth-order valence-electron chi connectivity index (χ4n) is 3.30. The molecular weight excluding hydrogens is 287 g/mol. The molecule has 3 heteroatoms. The lowest BCUT2D eigenvalue weighted by atomic mass is 10.0. The van der Waals surface area contributed by atoms with E-state index < -0.39 is 0 Å². The summed E-state index contributed by atoms with van der Waals surface area (Å²) in [6.45, 7) is 3.78. The van der Waals surface area contributed by atoms with Crippen molar-refractivity contribution < 1.29 is 4.39 Å². The van der Waals surface area contributed by atoms with Gasteiger partial charge in [-0.25, -0.2) is 4.39 Å². The van der Waals surface area contributed by atoms with Crippen molar-refractivity contribution >= 4 is 0 Å². The van der Waals surface area contributed by atoms with Crippen molar-refractivity contribution in [2.45, 2.75) is 31.8 Å². The maximum atomic E-state index is 13.8. The van der Waals surface area contributed by atoms with Crippen molar-refractivity contribution in [3.63, 3.8) is 0 Å². The van der Waals surface area contributed by atoms with Crippen molar-refractivity contribution in [2.24, 2.45) is 0 Å². The summed E-state index contributed by atoms with van der Waals surface area (Å²) in [5, 5.41) is 3.67. The van der Waals surface area contributed by atoms with Crippen LogP contribution in [0.5, 0.6) is 0 Å². The second-order valence-corrected chi connectivity index (χ2v) is 6.36. The van der Waals surface area contributed by atoms with Crippen LogP contribution in [0.25, 0.3) is 0 Å². The molecule has 0 saturated carbocycles. The molecule has 1 heterocycles. The molecule has 2 aromatic carbocycles. The Balaban J connectivity index is 1.46. The fraction of sp³-hybridized carbons (Fsp3) is 0.400. The number of piperidine rings is 1. The van der Waals surface area contributed by atoms with Crippen LogP contribution in [0, 0.1) is 5.82 Å². The second kappa shape index (κ2) is 8.23. The first kappa shape index (κ1) is 16.2. The SMILES string of the molecule is Fc1ccccc1CN1CCCC(NCCc2ccccc2)C1. The number of nitrogens with one attached hydrogen (secondary N) is 1. The van der Waals surface area contributed by atoms with Crippen molar-refractivity contribution in [3.05, 3.63) is 71.5 Å². The monoisotopic (exact) mass is 312 g/mol. The van der Waals surface area contributed by atoms with Crippen LogP contribution in [0.2, 0.25) is 0 Å². The third-order valence-electron chi connectivity index (χ3n) is 4.55. The summed E-state index contributed by atoms with van der Waals surface area (Å²) < 4.78 is 13.8. The lowest BCUT2D eigenvalue weighted by molar-refractivity contribution is 0.182. The molecule has 1 atom stereocenters. The fourth-order valence-corrected chi connectivity index (χ4v) is 3.30. The standard InChI is InChI=1S/C20H25FN2/c21-20-11-5-4-9-18(20)15-23-14-6-10-19(16-23)22-13-12-17-7-2-1-3-8-17/h1-5,7-9,11,19,22H,6,10,12-16H2. The van der Waals surface area contributed by atoms with Gasteiger partial charge in [0.1, 0.15) is 5.82 Å². The van der Waals surface area contributed by atoms with Gasteiger partial charge in [-0.05, 0) is 44.0 Å². The lowest BCUT2D eigenvalue weighted by Crippen LogP contribution is -2.45. The van der Waals surface area contributed by atoms with Crippen LogP contribution < -0.4 is 5.32 Å². The van der Waals surface area contributed by atoms with Crippen molar-refractivity contribution in [3.8, 4) is 0 Å². The van der Waals surface area contributed by atoms with Gasteiger partial charge in [0.25, 0.3) is 0 Å². The van der Waals surface area contributed by atoms with E-state index >= 15 is 0 Å². The first-order chi connectivity index (χ1) is 11.3. The molecule has 1 fully saturated rings. The van der Waals surface area contributed by atoms with Crippen molar-refractivity contribution in [1.29, 1.82) is 0 Å². The summed E-state index contributed by atoms with van der Waals surface area (Å²) in [6, 6.07) is 18.2. The summed E-state index contributed by atoms with van der Waals surface area (Å²) in [6.07, 6.45) is 3.45. The van der Waals surface area contributed by atoms with Crippen LogP contribution in [-0.4, -0.2) is 30.6 Å². The van der Waals surface area contributed by atoms with Crippen LogP contribution >= 0.6 is 0 Å². The molecule has 1 saturated heterocycles. The predicted octanol–water partition coefficient (Wildman–Crippen LogP) is 3.62. The second-order valence-electron chi connectivity index (χ2n) is 6.36. The van der Waals surface area contributed by atoms with Gasteiger partial charge in [-0.2, -0.15) is 0 Å². The zero-order valence-corrected chi connectivity index (χ0v) is 13.5. The molecule has 0 aromatic heterocycles. The highest BCUT2D eigenvalue weighted by Gasteiger charge is 2.20. The number of likely N-dealkylation sites (tertiary alicyclic amines) is 1. The van der Waals surface area contributed by atoms with Crippen LogP contribution in [0.3, 0.4) is 0 Å². The Labute approximate surface area is 138 Å². The summed E-state index contributed by atoms with van der Waals surface area (Å²) >= 11 is 0. The molecule has 0 spiro atoms. The zero-order chi connectivity index (χ0) is 15.9. The zero-order valence-electron chi connectivity index (χ0n) is 13.5. The Morgan fingerprint density at radius 1 is 1.04 bits per heavy atom. The Bertz CT molecular complexity index is 600. The number of hydrogen-bond donors (Lipinski definition) is 1. The summed E-state index contributed by atoms with van der Waals surface area (Å²) in [5.74, 6) is -0.0911. The topological polar surface area (TPSA) is 15.3 Å². The lowest BCUT2D eigenvalue weighted by Gasteiger charge is -2.33. The molecule has 1 unspecified atom stereocenters. The van der Waals surface area contributed by atoms with Crippen LogP contribution in [0.1, 0.15) is 24.0 Å². The van der Waals surface area contributed by atoms with Gasteiger partial charge < -0.3 is 5.32 Å². The minimum atomic E-state index is -0.0911. The molecule has 2 nitrogen and oxygen atoms in total. The highest BCUT2D eigenvalue weighted by molar-refractivity contribution is 5.17. The van der Waals surface area contributed by atoms with Gasteiger partial charge >= 0.3 is 0 Å². The van der Waals surface area contributed by atoms with Crippen molar-refractivity contribution in [1.82, 2.24) is 10.2 Å². The third kappa shape index (κ3) is 4.88. The van der Waals surface area contributed by atoms with E-state index in [1.807, 2.05) is 12.1 Å². The molecule has 122 valence electrons. The van der Waals surface area contributed by atoms with Gasteiger partial charge in [0, 0.05) is 24.7 Å². The first-order valence-electron chi connectivity index (χ1n) is 8.54. The van der Waals surface area contributed by atoms with Gasteiger partial charge in [-0.1, -0.05) is 48.5 Å². The van der Waals surface area contributed by atoms with E-state index in [1.54, 1.807) is 12.1 Å². The largest absolute Gasteiger partial charge is 0.312 e. The summed E-state index contributed by atoms with van der Waals surface area (Å²) in [7, 11) is 0. The minimum Gasteiger partial charge on any atom is -0.312 e. The smallest absolute Gasteiger partial charge is 0.127 e. The molecule has 0 bridgehead atoms. The Morgan fingerprint density at radius 3 is 2.65 bits per heavy atom. The van der Waals surface area contributed by atoms with Gasteiger partial charge in [-0.15, -0.1) is 0 Å². The van der Waals surface area contributed by atoms with Gasteiger partial charge in [0.05, 0.1) is 0 Å². The molecule has 1 aliphatic heterocycles. The maximum Gasteiger partial charge on any atom is 0.127 e. The van der Waals surface area contributed by atoms with Gasteiger partial charge in [0.2, 0.25) is 0 Å². The number of rotatable bonds is 6. The van der Waals surface area contributed by atoms with E-state index in [1.165, 1.54) is 18.4 Å². The number of halogens is 1. The molecule has 2 aromatic rings. The van der Waals surface area contributed by atoms with E-state index in [0.29, 0.717) is 12.6 Å². The third-order valence-corrected chi connectivity index (χ3v) is 4.55. The van der Waals surface area contributed by atoms with Gasteiger partial charge in [-0.3, -0.25) is 4.90 Å². The molecule has 0 radical (unpaired) electrons. The van der Waals surface area contributed by atoms with E-state index in [4.69, 9.17) is 0 Å². The molecule has 0 amide bonds. The van der Waals surface area contributed by atoms with Crippen LogP contribution in [0.15, 0.2) is 54.6 Å². The average molecular weight is 312 g/mol. The average Bonchev–Trinajstić information content (AvgIpc) is 2.58. The van der Waals surface area contributed by atoms with Crippen molar-refractivity contribution in [2.75, 3.05) is 19.6 Å². The highest BCUT2D eigenvalue weighted by atomic mass is 19.1. The van der Waals surface area contributed by atoms with E-state index in [9.17, 15) is 4.39 Å². The molecule has 1 N–H and O–H groups in total. The van der Waals surface area contributed by atoms with E-state index in [-0.39, 0.29) is 5.82 Å². The summed E-state index contributed by atoms with van der Waals surface area (Å²) in [5.41, 5.74) is 2.18. The Kier molecular flexibility index (Phi) is 5.78. The molecular formula is C20H25FN2. The first-order valence-corrected chi connectivity index (χ1v) is 8.54. The predicted molar refractivity (Wildman–Crippen MR) is 92.8 cm³/mol. The minimum absolute atomic E-state index is 0.0911. The number of hydrogen-bond acceptors (Lipinski definition) is 2.